The third-order valence-corrected chi connectivity index (χ3v) is 11.3. The minimum absolute atomic E-state index is 0.898. The highest BCUT2D eigenvalue weighted by atomic mass is 16.3. The van der Waals surface area contributed by atoms with Gasteiger partial charge in [0.05, 0.1) is 0 Å². The quantitative estimate of drug-likeness (QED) is 0.163. The Kier molecular flexibility index (Phi) is 7.25. The van der Waals surface area contributed by atoms with Crippen molar-refractivity contribution in [3.05, 3.63) is 206 Å². The largest absolute Gasteiger partial charge is 0.456 e. The van der Waals surface area contributed by atoms with E-state index in [1.54, 1.807) is 0 Å². The predicted octanol–water partition coefficient (Wildman–Crippen LogP) is 15.4. The Morgan fingerprint density at radius 3 is 1.44 bits per heavy atom. The molecule has 11 rings (SSSR count). The first-order valence-corrected chi connectivity index (χ1v) is 18.9. The van der Waals surface area contributed by atoms with Crippen molar-refractivity contribution in [2.75, 3.05) is 0 Å². The summed E-state index contributed by atoms with van der Waals surface area (Å²) in [5.74, 6) is 0. The third-order valence-electron chi connectivity index (χ3n) is 11.3. The average Bonchev–Trinajstić information content (AvgIpc) is 3.64. The molecule has 1 heteroatoms. The Balaban J connectivity index is 1.25. The molecule has 0 atom stereocenters. The highest BCUT2D eigenvalue weighted by Crippen LogP contribution is 2.50. The minimum atomic E-state index is 0.898. The zero-order valence-corrected chi connectivity index (χ0v) is 30.0. The molecule has 0 saturated carbocycles. The fourth-order valence-electron chi connectivity index (χ4n) is 8.80. The van der Waals surface area contributed by atoms with Crippen LogP contribution in [0.25, 0.3) is 110 Å². The van der Waals surface area contributed by atoms with Crippen molar-refractivity contribution in [2.24, 2.45) is 0 Å². The average molecular weight is 699 g/mol. The summed E-state index contributed by atoms with van der Waals surface area (Å²) < 4.78 is 6.30. The smallest absolute Gasteiger partial charge is 0.135 e. The Hall–Kier alpha value is -7.22. The molecule has 0 fully saturated rings. The second kappa shape index (κ2) is 12.7. The van der Waals surface area contributed by atoms with Crippen LogP contribution in [0.1, 0.15) is 0 Å². The lowest BCUT2D eigenvalue weighted by atomic mass is 9.80. The van der Waals surface area contributed by atoms with Gasteiger partial charge in [0.1, 0.15) is 11.2 Å². The van der Waals surface area contributed by atoms with Crippen molar-refractivity contribution in [3.8, 4) is 55.6 Å². The van der Waals surface area contributed by atoms with Gasteiger partial charge in [0, 0.05) is 10.8 Å². The second-order valence-electron chi connectivity index (χ2n) is 14.3. The van der Waals surface area contributed by atoms with Crippen LogP contribution in [0.2, 0.25) is 0 Å². The van der Waals surface area contributed by atoms with Crippen LogP contribution < -0.4 is 0 Å². The SMILES string of the molecule is c1ccc(-c2ccc(-c3cccc(-c4ccc5oc6ccccc6c5c4)c3-c3c4ccccc4c(-c4cccc5ccccc45)c4ccccc34)cc2)cc1. The first-order chi connectivity index (χ1) is 27.3. The van der Waals surface area contributed by atoms with Crippen LogP contribution in [0.5, 0.6) is 0 Å². The zero-order chi connectivity index (χ0) is 36.3. The molecule has 10 aromatic carbocycles. The van der Waals surface area contributed by atoms with Gasteiger partial charge in [-0.05, 0) is 106 Å². The molecule has 0 aliphatic rings. The number of hydrogen-bond donors (Lipinski definition) is 0. The van der Waals surface area contributed by atoms with Crippen LogP contribution in [0.3, 0.4) is 0 Å². The normalized spacial score (nSPS) is 11.6. The summed E-state index contributed by atoms with van der Waals surface area (Å²) in [6.07, 6.45) is 0. The van der Waals surface area contributed by atoms with Gasteiger partial charge in [0.15, 0.2) is 0 Å². The van der Waals surface area contributed by atoms with Crippen LogP contribution in [-0.4, -0.2) is 0 Å². The van der Waals surface area contributed by atoms with Crippen molar-refractivity contribution in [3.63, 3.8) is 0 Å². The molecule has 0 bridgehead atoms. The monoisotopic (exact) mass is 698 g/mol. The lowest BCUT2D eigenvalue weighted by Gasteiger charge is -2.23. The van der Waals surface area contributed by atoms with Crippen LogP contribution in [-0.2, 0) is 0 Å². The van der Waals surface area contributed by atoms with Gasteiger partial charge in [-0.1, -0.05) is 188 Å². The summed E-state index contributed by atoms with van der Waals surface area (Å²) in [5, 5.41) is 9.69. The molecule has 1 aromatic heterocycles. The predicted molar refractivity (Wildman–Crippen MR) is 233 cm³/mol. The molecule has 0 spiro atoms. The molecule has 0 unspecified atom stereocenters. The fourth-order valence-corrected chi connectivity index (χ4v) is 8.80. The van der Waals surface area contributed by atoms with Gasteiger partial charge in [-0.15, -0.1) is 0 Å². The summed E-state index contributed by atoms with van der Waals surface area (Å²) in [6, 6.07) is 74.9. The van der Waals surface area contributed by atoms with Gasteiger partial charge >= 0.3 is 0 Å². The summed E-state index contributed by atoms with van der Waals surface area (Å²) in [6.45, 7) is 0. The van der Waals surface area contributed by atoms with E-state index < -0.39 is 0 Å². The molecule has 256 valence electrons. The van der Waals surface area contributed by atoms with E-state index in [2.05, 4.69) is 200 Å². The molecule has 1 nitrogen and oxygen atoms in total. The van der Waals surface area contributed by atoms with Crippen molar-refractivity contribution < 1.29 is 4.42 Å². The van der Waals surface area contributed by atoms with E-state index in [1.165, 1.54) is 82.4 Å². The number of benzene rings is 10. The highest BCUT2D eigenvalue weighted by molar-refractivity contribution is 6.25. The molecule has 1 heterocycles. The Morgan fingerprint density at radius 1 is 0.236 bits per heavy atom. The molecular formula is C54H34O. The van der Waals surface area contributed by atoms with Crippen molar-refractivity contribution in [2.45, 2.75) is 0 Å². The standard InChI is InChI=1S/C54H34O/c1-2-14-35(15-3-1)36-28-30-38(31-29-36)41-24-13-25-42(39-32-33-51-49(34-39)43-19-10-11-27-50(43)55-51)53(41)54-47-22-8-6-20-45(47)52(46-21-7-9-23-48(46)54)44-26-12-17-37-16-4-5-18-40(37)44/h1-34H. The lowest BCUT2D eigenvalue weighted by molar-refractivity contribution is 0.669. The number of hydrogen-bond acceptors (Lipinski definition) is 1. The van der Waals surface area contributed by atoms with Crippen molar-refractivity contribution in [1.82, 2.24) is 0 Å². The van der Waals surface area contributed by atoms with Crippen LogP contribution in [0.15, 0.2) is 211 Å². The van der Waals surface area contributed by atoms with Gasteiger partial charge < -0.3 is 4.42 Å². The van der Waals surface area contributed by atoms with Crippen LogP contribution >= 0.6 is 0 Å². The molecule has 0 saturated heterocycles. The van der Waals surface area contributed by atoms with Crippen molar-refractivity contribution >= 4 is 54.3 Å². The summed E-state index contributed by atoms with van der Waals surface area (Å²) in [4.78, 5) is 0. The van der Waals surface area contributed by atoms with E-state index in [0.717, 1.165) is 27.5 Å². The van der Waals surface area contributed by atoms with E-state index in [4.69, 9.17) is 4.42 Å². The third kappa shape index (κ3) is 5.09. The van der Waals surface area contributed by atoms with Gasteiger partial charge in [0.25, 0.3) is 0 Å². The van der Waals surface area contributed by atoms with Gasteiger partial charge in [-0.25, -0.2) is 0 Å². The Morgan fingerprint density at radius 2 is 0.709 bits per heavy atom. The van der Waals surface area contributed by atoms with E-state index >= 15 is 0 Å². The first kappa shape index (κ1) is 31.3. The topological polar surface area (TPSA) is 13.1 Å². The number of fused-ring (bicyclic) bond motifs is 6. The van der Waals surface area contributed by atoms with E-state index in [-0.39, 0.29) is 0 Å². The molecule has 0 aliphatic heterocycles. The highest BCUT2D eigenvalue weighted by Gasteiger charge is 2.23. The number of furan rings is 1. The van der Waals surface area contributed by atoms with Gasteiger partial charge in [-0.2, -0.15) is 0 Å². The number of rotatable bonds is 5. The van der Waals surface area contributed by atoms with E-state index in [0.29, 0.717) is 0 Å². The maximum Gasteiger partial charge on any atom is 0.135 e. The molecule has 11 aromatic rings. The summed E-state index contributed by atoms with van der Waals surface area (Å²) >= 11 is 0. The first-order valence-electron chi connectivity index (χ1n) is 18.9. The molecule has 0 radical (unpaired) electrons. The second-order valence-corrected chi connectivity index (χ2v) is 14.3. The van der Waals surface area contributed by atoms with Gasteiger partial charge in [0.2, 0.25) is 0 Å². The lowest BCUT2D eigenvalue weighted by Crippen LogP contribution is -1.95. The minimum Gasteiger partial charge on any atom is -0.456 e. The fraction of sp³-hybridized carbons (Fsp3) is 0. The maximum atomic E-state index is 6.30. The summed E-state index contributed by atoms with van der Waals surface area (Å²) in [7, 11) is 0. The number of para-hydroxylation sites is 1. The molecule has 55 heavy (non-hydrogen) atoms. The zero-order valence-electron chi connectivity index (χ0n) is 30.0. The van der Waals surface area contributed by atoms with E-state index in [1.807, 2.05) is 6.07 Å². The molecule has 0 N–H and O–H groups in total. The van der Waals surface area contributed by atoms with Crippen LogP contribution in [0, 0.1) is 0 Å². The molecule has 0 aliphatic carbocycles. The molecule has 0 amide bonds. The van der Waals surface area contributed by atoms with Gasteiger partial charge in [-0.3, -0.25) is 0 Å². The summed E-state index contributed by atoms with van der Waals surface area (Å²) in [5.41, 5.74) is 13.9. The maximum absolute atomic E-state index is 6.30. The molecular weight excluding hydrogens is 665 g/mol. The Labute approximate surface area is 319 Å². The van der Waals surface area contributed by atoms with Crippen molar-refractivity contribution in [1.29, 1.82) is 0 Å². The van der Waals surface area contributed by atoms with Crippen LogP contribution in [0.4, 0.5) is 0 Å². The van der Waals surface area contributed by atoms with E-state index in [9.17, 15) is 0 Å². The Bertz CT molecular complexity index is 3180.